The van der Waals surface area contributed by atoms with Gasteiger partial charge in [0.05, 0.1) is 26.0 Å². The number of anilines is 1. The van der Waals surface area contributed by atoms with Crippen molar-refractivity contribution < 1.29 is 28.6 Å². The Balaban J connectivity index is 1.43. The maximum absolute atomic E-state index is 13.1. The summed E-state index contributed by atoms with van der Waals surface area (Å²) >= 11 is 3.32. The third-order valence-corrected chi connectivity index (χ3v) is 6.02. The van der Waals surface area contributed by atoms with Gasteiger partial charge in [0.2, 0.25) is 0 Å². The number of halogens is 1. The highest BCUT2D eigenvalue weighted by Gasteiger charge is 2.36. The van der Waals surface area contributed by atoms with Crippen LogP contribution in [-0.4, -0.2) is 38.2 Å². The maximum Gasteiger partial charge on any atom is 0.335 e. The highest BCUT2D eigenvalue weighted by Crippen LogP contribution is 2.30. The van der Waals surface area contributed by atoms with E-state index < -0.39 is 17.8 Å². The Morgan fingerprint density at radius 3 is 2.41 bits per heavy atom. The second-order valence-electron chi connectivity index (χ2n) is 8.21. The average Bonchev–Trinajstić information content (AvgIpc) is 2.88. The van der Waals surface area contributed by atoms with Gasteiger partial charge in [-0.1, -0.05) is 34.1 Å². The number of barbiturate groups is 1. The van der Waals surface area contributed by atoms with Gasteiger partial charge in [0.15, 0.2) is 11.5 Å². The van der Waals surface area contributed by atoms with Gasteiger partial charge < -0.3 is 14.2 Å². The number of aryl methyl sites for hydroxylation is 1. The molecule has 3 aromatic carbocycles. The molecule has 0 unspecified atom stereocenters. The Kier molecular flexibility index (Phi) is 8.25. The monoisotopic (exact) mass is 564 g/mol. The molecule has 190 valence electrons. The third-order valence-electron chi connectivity index (χ3n) is 5.49. The van der Waals surface area contributed by atoms with Crippen LogP contribution in [0.5, 0.6) is 17.2 Å². The van der Waals surface area contributed by atoms with Crippen LogP contribution >= 0.6 is 15.9 Å². The summed E-state index contributed by atoms with van der Waals surface area (Å²) in [6, 6.07) is 18.7. The van der Waals surface area contributed by atoms with Crippen LogP contribution in [0.15, 0.2) is 76.8 Å². The van der Waals surface area contributed by atoms with E-state index in [2.05, 4.69) is 21.2 Å². The smallest absolute Gasteiger partial charge is 0.335 e. The number of nitrogens with one attached hydrogen (secondary N) is 1. The van der Waals surface area contributed by atoms with Crippen LogP contribution in [0.2, 0.25) is 0 Å². The molecule has 1 heterocycles. The van der Waals surface area contributed by atoms with Crippen LogP contribution in [-0.2, 0) is 9.59 Å². The van der Waals surface area contributed by atoms with Crippen molar-refractivity contribution in [3.8, 4) is 17.2 Å². The van der Waals surface area contributed by atoms with Crippen molar-refractivity contribution >= 4 is 45.5 Å². The molecular weight excluding hydrogens is 540 g/mol. The van der Waals surface area contributed by atoms with Gasteiger partial charge in [-0.05, 0) is 72.7 Å². The lowest BCUT2D eigenvalue weighted by molar-refractivity contribution is -0.122. The molecule has 0 saturated carbocycles. The lowest BCUT2D eigenvalue weighted by atomic mass is 10.1. The number of methoxy groups -OCH3 is 1. The maximum atomic E-state index is 13.1. The van der Waals surface area contributed by atoms with E-state index in [1.165, 1.54) is 13.2 Å². The molecule has 1 aliphatic rings. The molecule has 1 fully saturated rings. The molecule has 1 aliphatic heterocycles. The molecular formula is C28H25BrN2O6. The van der Waals surface area contributed by atoms with Crippen LogP contribution < -0.4 is 24.4 Å². The molecule has 37 heavy (non-hydrogen) atoms. The van der Waals surface area contributed by atoms with Crippen molar-refractivity contribution in [3.63, 3.8) is 0 Å². The summed E-state index contributed by atoms with van der Waals surface area (Å²) in [6.07, 6.45) is 2.08. The molecule has 9 heteroatoms. The standard InChI is InChI=1S/C28H25BrN2O6/c1-18-5-3-6-22(15-18)36-13-4-14-37-24-12-7-19(17-25(24)35-2)16-23-26(32)30-28(34)31(27(23)33)21-10-8-20(29)9-11-21/h3,5-12,15-17H,4,13-14H2,1-2H3,(H,30,32,34). The van der Waals surface area contributed by atoms with E-state index in [1.807, 2.05) is 31.2 Å². The fourth-order valence-corrected chi connectivity index (χ4v) is 3.94. The first-order valence-corrected chi connectivity index (χ1v) is 12.3. The summed E-state index contributed by atoms with van der Waals surface area (Å²) in [5.74, 6) is 0.293. The third kappa shape index (κ3) is 6.37. The second-order valence-corrected chi connectivity index (χ2v) is 9.13. The highest BCUT2D eigenvalue weighted by atomic mass is 79.9. The van der Waals surface area contributed by atoms with Crippen molar-refractivity contribution in [1.82, 2.24) is 5.32 Å². The lowest BCUT2D eigenvalue weighted by Crippen LogP contribution is -2.54. The number of hydrogen-bond acceptors (Lipinski definition) is 6. The Labute approximate surface area is 223 Å². The van der Waals surface area contributed by atoms with Crippen LogP contribution in [0.1, 0.15) is 17.5 Å². The fraction of sp³-hybridized carbons (Fsp3) is 0.179. The zero-order chi connectivity index (χ0) is 26.4. The highest BCUT2D eigenvalue weighted by molar-refractivity contribution is 9.10. The van der Waals surface area contributed by atoms with E-state index in [4.69, 9.17) is 14.2 Å². The predicted molar refractivity (Wildman–Crippen MR) is 143 cm³/mol. The number of rotatable bonds is 9. The number of nitrogens with zero attached hydrogens (tertiary/aromatic N) is 1. The van der Waals surface area contributed by atoms with Crippen molar-refractivity contribution in [2.45, 2.75) is 13.3 Å². The van der Waals surface area contributed by atoms with E-state index in [0.29, 0.717) is 42.4 Å². The number of imide groups is 2. The molecule has 4 amide bonds. The number of urea groups is 1. The second kappa shape index (κ2) is 11.7. The van der Waals surface area contributed by atoms with Gasteiger partial charge in [0.1, 0.15) is 11.3 Å². The van der Waals surface area contributed by atoms with Gasteiger partial charge in [-0.25, -0.2) is 9.69 Å². The van der Waals surface area contributed by atoms with E-state index in [9.17, 15) is 14.4 Å². The van der Waals surface area contributed by atoms with E-state index in [0.717, 1.165) is 20.7 Å². The van der Waals surface area contributed by atoms with Crippen LogP contribution in [0.3, 0.4) is 0 Å². The quantitative estimate of drug-likeness (QED) is 0.216. The Morgan fingerprint density at radius 1 is 0.919 bits per heavy atom. The van der Waals surface area contributed by atoms with Gasteiger partial charge in [-0.3, -0.25) is 14.9 Å². The summed E-state index contributed by atoms with van der Waals surface area (Å²) in [5, 5.41) is 2.22. The number of amides is 4. The van der Waals surface area contributed by atoms with Gasteiger partial charge >= 0.3 is 6.03 Å². The molecule has 1 saturated heterocycles. The van der Waals surface area contributed by atoms with Gasteiger partial charge in [-0.15, -0.1) is 0 Å². The van der Waals surface area contributed by atoms with E-state index >= 15 is 0 Å². The first-order chi connectivity index (χ1) is 17.9. The van der Waals surface area contributed by atoms with Crippen molar-refractivity contribution in [2.24, 2.45) is 0 Å². The van der Waals surface area contributed by atoms with Gasteiger partial charge in [0.25, 0.3) is 11.8 Å². The molecule has 0 radical (unpaired) electrons. The Bertz CT molecular complexity index is 1350. The predicted octanol–water partition coefficient (Wildman–Crippen LogP) is 5.28. The molecule has 0 spiro atoms. The van der Waals surface area contributed by atoms with Crippen molar-refractivity contribution in [1.29, 1.82) is 0 Å². The number of carbonyl (C=O) groups excluding carboxylic acids is 3. The van der Waals surface area contributed by atoms with Crippen LogP contribution in [0, 0.1) is 6.92 Å². The summed E-state index contributed by atoms with van der Waals surface area (Å²) in [5.41, 5.74) is 1.84. The molecule has 1 N–H and O–H groups in total. The zero-order valence-electron chi connectivity index (χ0n) is 20.3. The SMILES string of the molecule is COc1cc(C=C2C(=O)NC(=O)N(c3ccc(Br)cc3)C2=O)ccc1OCCCOc1cccc(C)c1. The molecule has 3 aromatic rings. The van der Waals surface area contributed by atoms with Gasteiger partial charge in [-0.2, -0.15) is 0 Å². The van der Waals surface area contributed by atoms with E-state index in [-0.39, 0.29) is 5.57 Å². The number of benzene rings is 3. The van der Waals surface area contributed by atoms with Crippen LogP contribution in [0.25, 0.3) is 6.08 Å². The number of carbonyl (C=O) groups is 3. The minimum absolute atomic E-state index is 0.175. The van der Waals surface area contributed by atoms with Crippen molar-refractivity contribution in [2.75, 3.05) is 25.2 Å². The Morgan fingerprint density at radius 2 is 1.68 bits per heavy atom. The normalized spacial score (nSPS) is 14.5. The molecule has 0 aliphatic carbocycles. The minimum Gasteiger partial charge on any atom is -0.493 e. The fourth-order valence-electron chi connectivity index (χ4n) is 3.68. The number of hydrogen-bond donors (Lipinski definition) is 1. The largest absolute Gasteiger partial charge is 0.493 e. The summed E-state index contributed by atoms with van der Waals surface area (Å²) in [7, 11) is 1.51. The minimum atomic E-state index is -0.804. The molecule has 0 atom stereocenters. The molecule has 0 bridgehead atoms. The van der Waals surface area contributed by atoms with Gasteiger partial charge in [0, 0.05) is 10.9 Å². The summed E-state index contributed by atoms with van der Waals surface area (Å²) in [6.45, 7) is 2.92. The Hall–Kier alpha value is -4.11. The molecule has 4 rings (SSSR count). The van der Waals surface area contributed by atoms with Crippen LogP contribution in [0.4, 0.5) is 10.5 Å². The molecule has 0 aromatic heterocycles. The van der Waals surface area contributed by atoms with E-state index in [1.54, 1.807) is 42.5 Å². The summed E-state index contributed by atoms with van der Waals surface area (Å²) in [4.78, 5) is 38.8. The first-order valence-electron chi connectivity index (χ1n) is 11.5. The molecule has 8 nitrogen and oxygen atoms in total. The summed E-state index contributed by atoms with van der Waals surface area (Å²) < 4.78 is 17.8. The first kappa shape index (κ1) is 26.0. The topological polar surface area (TPSA) is 94.2 Å². The number of ether oxygens (including phenoxy) is 3. The zero-order valence-corrected chi connectivity index (χ0v) is 21.9. The lowest BCUT2D eigenvalue weighted by Gasteiger charge is -2.26. The van der Waals surface area contributed by atoms with Crippen molar-refractivity contribution in [3.05, 3.63) is 87.9 Å². The average molecular weight is 565 g/mol.